The number of hydrogen-bond donors (Lipinski definition) is 1. The number of nitrogens with zero attached hydrogens (tertiary/aromatic N) is 2. The van der Waals surface area contributed by atoms with E-state index in [0.717, 1.165) is 46.3 Å². The van der Waals surface area contributed by atoms with Crippen molar-refractivity contribution in [3.05, 3.63) is 69.6 Å². The number of pyridine rings is 1. The van der Waals surface area contributed by atoms with Gasteiger partial charge in [-0.25, -0.2) is 9.78 Å². The molecule has 0 aliphatic heterocycles. The van der Waals surface area contributed by atoms with Crippen LogP contribution in [0.15, 0.2) is 53.5 Å². The Bertz CT molecular complexity index is 1370. The smallest absolute Gasteiger partial charge is 0.340 e. The molecule has 7 heteroatoms. The molecule has 6 nitrogen and oxygen atoms in total. The minimum absolute atomic E-state index is 0.181. The van der Waals surface area contributed by atoms with Crippen molar-refractivity contribution in [1.29, 1.82) is 0 Å². The van der Waals surface area contributed by atoms with E-state index < -0.39 is 5.97 Å². The Hall–Kier alpha value is -3.03. The van der Waals surface area contributed by atoms with Gasteiger partial charge < -0.3 is 9.84 Å². The maximum absolute atomic E-state index is 13.2. The predicted octanol–water partition coefficient (Wildman–Crippen LogP) is 4.65. The first-order chi connectivity index (χ1) is 15.6. The van der Waals surface area contributed by atoms with Crippen LogP contribution in [-0.4, -0.2) is 34.3 Å². The summed E-state index contributed by atoms with van der Waals surface area (Å²) < 4.78 is 7.47. The molecule has 0 bridgehead atoms. The molecule has 164 valence electrons. The number of aliphatic hydroxyl groups excluding tert-OH is 1. The lowest BCUT2D eigenvalue weighted by atomic mass is 9.83. The summed E-state index contributed by atoms with van der Waals surface area (Å²) in [5, 5.41) is 11.9. The molecule has 0 saturated heterocycles. The normalized spacial score (nSPS) is 18.8. The number of rotatable bonds is 4. The molecule has 1 aliphatic rings. The number of hydrogen-bond acceptors (Lipinski definition) is 6. The molecule has 32 heavy (non-hydrogen) atoms. The van der Waals surface area contributed by atoms with Gasteiger partial charge in [0.15, 0.2) is 0 Å². The van der Waals surface area contributed by atoms with Crippen LogP contribution in [0.5, 0.6) is 0 Å². The SMILES string of the molecule is COC(=O)c1cc2nc(C3CCC(CO)CC3)sc2cc1-n1ccc2ccccc2c1=O. The Labute approximate surface area is 189 Å². The average Bonchev–Trinajstić information content (AvgIpc) is 3.26. The van der Waals surface area contributed by atoms with E-state index in [1.54, 1.807) is 29.7 Å². The van der Waals surface area contributed by atoms with Gasteiger partial charge >= 0.3 is 5.97 Å². The van der Waals surface area contributed by atoms with Crippen LogP contribution in [0, 0.1) is 5.92 Å². The number of aromatic nitrogens is 2. The van der Waals surface area contributed by atoms with Gasteiger partial charge in [-0.3, -0.25) is 9.36 Å². The van der Waals surface area contributed by atoms with Crippen molar-refractivity contribution in [3.8, 4) is 5.69 Å². The van der Waals surface area contributed by atoms with Crippen LogP contribution >= 0.6 is 11.3 Å². The van der Waals surface area contributed by atoms with Gasteiger partial charge in [0.05, 0.1) is 33.6 Å². The fraction of sp³-hybridized carbons (Fsp3) is 0.320. The lowest BCUT2D eigenvalue weighted by molar-refractivity contribution is 0.0601. The number of esters is 1. The van der Waals surface area contributed by atoms with Crippen LogP contribution in [0.1, 0.15) is 47.0 Å². The van der Waals surface area contributed by atoms with Gasteiger partial charge in [0.25, 0.3) is 5.56 Å². The molecule has 0 radical (unpaired) electrons. The molecule has 0 amide bonds. The number of carbonyl (C=O) groups excluding carboxylic acids is 1. The number of aliphatic hydroxyl groups is 1. The van der Waals surface area contributed by atoms with E-state index in [-0.39, 0.29) is 12.2 Å². The van der Waals surface area contributed by atoms with E-state index in [0.29, 0.717) is 28.5 Å². The van der Waals surface area contributed by atoms with E-state index in [1.165, 1.54) is 11.7 Å². The number of ether oxygens (including phenoxy) is 1. The molecule has 2 heterocycles. The number of thiazole rings is 1. The Balaban J connectivity index is 1.63. The lowest BCUT2D eigenvalue weighted by Crippen LogP contribution is -2.20. The molecule has 2 aromatic heterocycles. The third-order valence-corrected chi connectivity index (χ3v) is 7.64. The highest BCUT2D eigenvalue weighted by Crippen LogP contribution is 2.39. The molecule has 1 aliphatic carbocycles. The number of benzene rings is 2. The van der Waals surface area contributed by atoms with Crippen LogP contribution in [0.2, 0.25) is 0 Å². The molecule has 5 rings (SSSR count). The van der Waals surface area contributed by atoms with Gasteiger partial charge in [-0.15, -0.1) is 11.3 Å². The van der Waals surface area contributed by atoms with E-state index in [2.05, 4.69) is 0 Å². The maximum atomic E-state index is 13.2. The average molecular weight is 449 g/mol. The molecule has 2 aromatic carbocycles. The summed E-state index contributed by atoms with van der Waals surface area (Å²) >= 11 is 1.62. The van der Waals surface area contributed by atoms with Gasteiger partial charge in [-0.1, -0.05) is 18.2 Å². The van der Waals surface area contributed by atoms with Crippen molar-refractivity contribution in [2.75, 3.05) is 13.7 Å². The topological polar surface area (TPSA) is 81.4 Å². The van der Waals surface area contributed by atoms with Crippen molar-refractivity contribution in [2.45, 2.75) is 31.6 Å². The second-order valence-corrected chi connectivity index (χ2v) is 9.42. The second kappa shape index (κ2) is 8.48. The van der Waals surface area contributed by atoms with E-state index >= 15 is 0 Å². The third-order valence-electron chi connectivity index (χ3n) is 6.45. The van der Waals surface area contributed by atoms with E-state index in [1.807, 2.05) is 30.3 Å². The highest BCUT2D eigenvalue weighted by Gasteiger charge is 2.25. The predicted molar refractivity (Wildman–Crippen MR) is 126 cm³/mol. The first-order valence-electron chi connectivity index (χ1n) is 10.8. The number of fused-ring (bicyclic) bond motifs is 2. The summed E-state index contributed by atoms with van der Waals surface area (Å²) in [5.74, 6) is 0.251. The molecular formula is C25H24N2O4S. The first kappa shape index (κ1) is 20.8. The second-order valence-electron chi connectivity index (χ2n) is 8.36. The largest absolute Gasteiger partial charge is 0.465 e. The molecule has 1 N–H and O–H groups in total. The van der Waals surface area contributed by atoms with Crippen LogP contribution in [0.25, 0.3) is 26.7 Å². The van der Waals surface area contributed by atoms with Crippen LogP contribution in [0.3, 0.4) is 0 Å². The van der Waals surface area contributed by atoms with Crippen LogP contribution in [0.4, 0.5) is 0 Å². The Morgan fingerprint density at radius 2 is 1.97 bits per heavy atom. The Morgan fingerprint density at radius 1 is 1.19 bits per heavy atom. The van der Waals surface area contributed by atoms with Gasteiger partial charge in [-0.05, 0) is 61.3 Å². The summed E-state index contributed by atoms with van der Waals surface area (Å²) in [6.07, 6.45) is 5.72. The van der Waals surface area contributed by atoms with Crippen molar-refractivity contribution >= 4 is 38.3 Å². The van der Waals surface area contributed by atoms with Crippen molar-refractivity contribution in [3.63, 3.8) is 0 Å². The van der Waals surface area contributed by atoms with Gasteiger partial charge in [0.1, 0.15) is 0 Å². The molecule has 0 spiro atoms. The van der Waals surface area contributed by atoms with Gasteiger partial charge in [-0.2, -0.15) is 0 Å². The lowest BCUT2D eigenvalue weighted by Gasteiger charge is -2.25. The van der Waals surface area contributed by atoms with E-state index in [4.69, 9.17) is 9.72 Å². The van der Waals surface area contributed by atoms with Gasteiger partial charge in [0.2, 0.25) is 0 Å². The minimum atomic E-state index is -0.500. The highest BCUT2D eigenvalue weighted by molar-refractivity contribution is 7.18. The zero-order valence-electron chi connectivity index (χ0n) is 17.8. The molecule has 0 unspecified atom stereocenters. The maximum Gasteiger partial charge on any atom is 0.340 e. The van der Waals surface area contributed by atoms with Gasteiger partial charge in [0, 0.05) is 24.1 Å². The van der Waals surface area contributed by atoms with Crippen LogP contribution in [-0.2, 0) is 4.74 Å². The molecule has 1 fully saturated rings. The summed E-state index contributed by atoms with van der Waals surface area (Å²) in [4.78, 5) is 30.7. The molecule has 4 aromatic rings. The fourth-order valence-electron chi connectivity index (χ4n) is 4.60. The zero-order chi connectivity index (χ0) is 22.2. The van der Waals surface area contributed by atoms with Crippen molar-refractivity contribution < 1.29 is 14.6 Å². The summed E-state index contributed by atoms with van der Waals surface area (Å²) in [6.45, 7) is 0.249. The summed E-state index contributed by atoms with van der Waals surface area (Å²) in [5.41, 5.74) is 1.38. The molecular weight excluding hydrogens is 424 g/mol. The quantitative estimate of drug-likeness (QED) is 0.460. The fourth-order valence-corrected chi connectivity index (χ4v) is 5.75. The number of methoxy groups -OCH3 is 1. The third kappa shape index (κ3) is 3.61. The standard InChI is InChI=1S/C25H24N2O4S/c1-31-25(30)19-12-20-22(32-23(26-20)17-8-6-15(14-28)7-9-17)13-21(19)27-11-10-16-4-2-3-5-18(16)24(27)29/h2-5,10-13,15,17,28H,6-9,14H2,1H3. The zero-order valence-corrected chi connectivity index (χ0v) is 18.6. The van der Waals surface area contributed by atoms with Crippen molar-refractivity contribution in [2.24, 2.45) is 5.92 Å². The summed E-state index contributed by atoms with van der Waals surface area (Å²) in [6, 6.07) is 12.9. The number of carbonyl (C=O) groups is 1. The monoisotopic (exact) mass is 448 g/mol. The molecule has 1 saturated carbocycles. The Morgan fingerprint density at radius 3 is 2.72 bits per heavy atom. The summed E-state index contributed by atoms with van der Waals surface area (Å²) in [7, 11) is 1.34. The van der Waals surface area contributed by atoms with Crippen LogP contribution < -0.4 is 5.56 Å². The van der Waals surface area contributed by atoms with E-state index in [9.17, 15) is 14.7 Å². The highest BCUT2D eigenvalue weighted by atomic mass is 32.1. The minimum Gasteiger partial charge on any atom is -0.465 e. The van der Waals surface area contributed by atoms with Crippen molar-refractivity contribution in [1.82, 2.24) is 9.55 Å². The first-order valence-corrected chi connectivity index (χ1v) is 11.6. The molecule has 0 atom stereocenters. The Kier molecular flexibility index (Phi) is 5.53.